The molecule has 0 heterocycles. The van der Waals surface area contributed by atoms with Crippen LogP contribution in [-0.4, -0.2) is 34.5 Å². The number of esters is 1. The first-order valence-corrected chi connectivity index (χ1v) is 7.09. The van der Waals surface area contributed by atoms with Crippen LogP contribution in [0.25, 0.3) is 0 Å². The van der Waals surface area contributed by atoms with Gasteiger partial charge in [-0.1, -0.05) is 19.9 Å². The van der Waals surface area contributed by atoms with Crippen LogP contribution >= 0.6 is 0 Å². The standard InChI is InChI=1S/C10H20O4Si/c1-6-8-15(12-4,13-5)9(3)14-10(11)7-2/h7,9H,2,6,8H2,1,3-5H3. The van der Waals surface area contributed by atoms with Crippen molar-refractivity contribution in [1.82, 2.24) is 0 Å². The van der Waals surface area contributed by atoms with E-state index < -0.39 is 14.5 Å². The molecule has 0 aromatic carbocycles. The van der Waals surface area contributed by atoms with E-state index in [9.17, 15) is 4.79 Å². The normalized spacial score (nSPS) is 13.3. The average molecular weight is 232 g/mol. The van der Waals surface area contributed by atoms with Crippen molar-refractivity contribution in [3.63, 3.8) is 0 Å². The number of ether oxygens (including phenoxy) is 1. The molecule has 15 heavy (non-hydrogen) atoms. The molecule has 0 aromatic rings. The molecular formula is C10H20O4Si. The van der Waals surface area contributed by atoms with Crippen molar-refractivity contribution in [2.75, 3.05) is 14.2 Å². The van der Waals surface area contributed by atoms with Gasteiger partial charge in [0.05, 0.1) is 0 Å². The van der Waals surface area contributed by atoms with Crippen LogP contribution < -0.4 is 0 Å². The smallest absolute Gasteiger partial charge is 0.379 e. The Balaban J connectivity index is 4.59. The molecule has 88 valence electrons. The van der Waals surface area contributed by atoms with Crippen LogP contribution in [0, 0.1) is 0 Å². The molecule has 0 aromatic heterocycles. The molecule has 0 aliphatic carbocycles. The van der Waals surface area contributed by atoms with Gasteiger partial charge in [-0.3, -0.25) is 0 Å². The summed E-state index contributed by atoms with van der Waals surface area (Å²) in [5, 5.41) is 0. The second kappa shape index (κ2) is 6.76. The van der Waals surface area contributed by atoms with E-state index in [1.165, 1.54) is 0 Å². The van der Waals surface area contributed by atoms with Gasteiger partial charge in [-0.05, 0) is 13.0 Å². The predicted octanol–water partition coefficient (Wildman–Crippen LogP) is 1.79. The van der Waals surface area contributed by atoms with E-state index in [1.54, 1.807) is 21.1 Å². The number of carbonyl (C=O) groups excluding carboxylic acids is 1. The number of rotatable bonds is 7. The average Bonchev–Trinajstić information content (AvgIpc) is 2.25. The summed E-state index contributed by atoms with van der Waals surface area (Å²) < 4.78 is 16.0. The van der Waals surface area contributed by atoms with Gasteiger partial charge in [-0.15, -0.1) is 0 Å². The largest absolute Gasteiger partial charge is 0.458 e. The second-order valence-electron chi connectivity index (χ2n) is 3.25. The summed E-state index contributed by atoms with van der Waals surface area (Å²) in [6.45, 7) is 7.20. The maximum Gasteiger partial charge on any atom is 0.379 e. The molecule has 1 unspecified atom stereocenters. The van der Waals surface area contributed by atoms with Crippen molar-refractivity contribution in [2.45, 2.75) is 32.0 Å². The van der Waals surface area contributed by atoms with Gasteiger partial charge in [-0.2, -0.15) is 0 Å². The Morgan fingerprint density at radius 1 is 1.47 bits per heavy atom. The lowest BCUT2D eigenvalue weighted by Gasteiger charge is -2.31. The van der Waals surface area contributed by atoms with Gasteiger partial charge in [0.2, 0.25) is 0 Å². The van der Waals surface area contributed by atoms with Crippen molar-refractivity contribution in [3.8, 4) is 0 Å². The van der Waals surface area contributed by atoms with Crippen molar-refractivity contribution < 1.29 is 18.4 Å². The molecule has 0 amide bonds. The zero-order valence-corrected chi connectivity index (χ0v) is 10.9. The molecule has 0 aliphatic heterocycles. The fourth-order valence-electron chi connectivity index (χ4n) is 1.48. The van der Waals surface area contributed by atoms with Gasteiger partial charge in [0.25, 0.3) is 0 Å². The minimum absolute atomic E-state index is 0.335. The van der Waals surface area contributed by atoms with Crippen LogP contribution in [0.2, 0.25) is 6.04 Å². The third-order valence-corrected chi connectivity index (χ3v) is 6.30. The zero-order chi connectivity index (χ0) is 11.9. The lowest BCUT2D eigenvalue weighted by atomic mass is 10.6. The maximum atomic E-state index is 11.1. The molecule has 0 radical (unpaired) electrons. The summed E-state index contributed by atoms with van der Waals surface area (Å²) in [4.78, 5) is 11.1. The van der Waals surface area contributed by atoms with Crippen LogP contribution in [-0.2, 0) is 18.4 Å². The van der Waals surface area contributed by atoms with E-state index in [2.05, 4.69) is 6.58 Å². The number of carbonyl (C=O) groups is 1. The fraction of sp³-hybridized carbons (Fsp3) is 0.700. The Kier molecular flexibility index (Phi) is 6.47. The molecule has 0 saturated heterocycles. The summed E-state index contributed by atoms with van der Waals surface area (Å²) in [6.07, 6.45) is 2.08. The molecule has 0 fully saturated rings. The molecule has 0 bridgehead atoms. The van der Waals surface area contributed by atoms with Gasteiger partial charge >= 0.3 is 14.5 Å². The van der Waals surface area contributed by atoms with Crippen molar-refractivity contribution in [2.24, 2.45) is 0 Å². The highest BCUT2D eigenvalue weighted by Gasteiger charge is 2.43. The highest BCUT2D eigenvalue weighted by Crippen LogP contribution is 2.21. The summed E-state index contributed by atoms with van der Waals surface area (Å²) in [5.41, 5.74) is -0.335. The first-order valence-electron chi connectivity index (χ1n) is 4.99. The molecule has 0 N–H and O–H groups in total. The topological polar surface area (TPSA) is 44.8 Å². The van der Waals surface area contributed by atoms with Gasteiger partial charge < -0.3 is 13.6 Å². The highest BCUT2D eigenvalue weighted by molar-refractivity contribution is 6.68. The van der Waals surface area contributed by atoms with Crippen LogP contribution in [0.5, 0.6) is 0 Å². The Morgan fingerprint density at radius 2 is 2.00 bits per heavy atom. The lowest BCUT2D eigenvalue weighted by Crippen LogP contribution is -2.52. The summed E-state index contributed by atoms with van der Waals surface area (Å²) in [5.74, 6) is -0.440. The zero-order valence-electron chi connectivity index (χ0n) is 9.91. The molecule has 5 heteroatoms. The molecule has 4 nitrogen and oxygen atoms in total. The number of hydrogen-bond donors (Lipinski definition) is 0. The summed E-state index contributed by atoms with van der Waals surface area (Å²) in [6, 6.07) is 0.797. The van der Waals surface area contributed by atoms with Gasteiger partial charge in [-0.25, -0.2) is 4.79 Å². The quantitative estimate of drug-likeness (QED) is 0.381. The van der Waals surface area contributed by atoms with Gasteiger partial charge in [0.15, 0.2) is 0 Å². The van der Waals surface area contributed by atoms with E-state index in [0.717, 1.165) is 18.5 Å². The first kappa shape index (κ1) is 14.3. The highest BCUT2D eigenvalue weighted by atomic mass is 28.4. The summed E-state index contributed by atoms with van der Waals surface area (Å²) >= 11 is 0. The molecule has 0 saturated carbocycles. The molecular weight excluding hydrogens is 212 g/mol. The van der Waals surface area contributed by atoms with E-state index in [0.29, 0.717) is 0 Å². The third kappa shape index (κ3) is 3.77. The molecule has 0 aliphatic rings. The fourth-order valence-corrected chi connectivity index (χ4v) is 4.12. The van der Waals surface area contributed by atoms with Crippen LogP contribution in [0.4, 0.5) is 0 Å². The van der Waals surface area contributed by atoms with Gasteiger partial charge in [0.1, 0.15) is 5.73 Å². The monoisotopic (exact) mass is 232 g/mol. The third-order valence-electron chi connectivity index (χ3n) is 2.37. The number of hydrogen-bond acceptors (Lipinski definition) is 4. The lowest BCUT2D eigenvalue weighted by molar-refractivity contribution is -0.140. The minimum atomic E-state index is -2.42. The first-order chi connectivity index (χ1) is 7.06. The van der Waals surface area contributed by atoms with Gasteiger partial charge in [0, 0.05) is 20.3 Å². The Hall–Kier alpha value is -0.653. The van der Waals surface area contributed by atoms with E-state index in [1.807, 2.05) is 6.92 Å². The van der Waals surface area contributed by atoms with Crippen LogP contribution in [0.3, 0.4) is 0 Å². The van der Waals surface area contributed by atoms with Crippen molar-refractivity contribution >= 4 is 14.5 Å². The van der Waals surface area contributed by atoms with E-state index >= 15 is 0 Å². The van der Waals surface area contributed by atoms with E-state index in [-0.39, 0.29) is 5.73 Å². The van der Waals surface area contributed by atoms with Crippen LogP contribution in [0.1, 0.15) is 20.3 Å². The second-order valence-corrected chi connectivity index (χ2v) is 7.01. The Bertz CT molecular complexity index is 213. The summed E-state index contributed by atoms with van der Waals surface area (Å²) in [7, 11) is 0.785. The van der Waals surface area contributed by atoms with Crippen molar-refractivity contribution in [3.05, 3.63) is 12.7 Å². The van der Waals surface area contributed by atoms with E-state index in [4.69, 9.17) is 13.6 Å². The Morgan fingerprint density at radius 3 is 2.33 bits per heavy atom. The predicted molar refractivity (Wildman–Crippen MR) is 60.6 cm³/mol. The SMILES string of the molecule is C=CC(=O)OC(C)[Si](CCC)(OC)OC. The van der Waals surface area contributed by atoms with Crippen molar-refractivity contribution in [1.29, 1.82) is 0 Å². The molecule has 0 rings (SSSR count). The van der Waals surface area contributed by atoms with Crippen LogP contribution in [0.15, 0.2) is 12.7 Å². The minimum Gasteiger partial charge on any atom is -0.458 e. The Labute approximate surface area is 92.5 Å². The maximum absolute atomic E-state index is 11.1. The molecule has 1 atom stereocenters. The molecule has 0 spiro atoms.